The Hall–Kier alpha value is -2.05. The number of hydrogen-bond donors (Lipinski definition) is 1. The molecule has 2 rings (SSSR count). The van der Waals surface area contributed by atoms with Crippen LogP contribution in [0, 0.1) is 33.6 Å². The highest BCUT2D eigenvalue weighted by Crippen LogP contribution is 2.36. The molecule has 7 heteroatoms. The van der Waals surface area contributed by atoms with Gasteiger partial charge in [-0.05, 0) is 30.7 Å². The molecule has 5 nitrogen and oxygen atoms in total. The lowest BCUT2D eigenvalue weighted by atomic mass is 10.1. The lowest BCUT2D eigenvalue weighted by Crippen LogP contribution is -2.29. The molecule has 1 aliphatic carbocycles. The van der Waals surface area contributed by atoms with Crippen molar-refractivity contribution in [2.24, 2.45) is 11.8 Å². The van der Waals surface area contributed by atoms with Gasteiger partial charge in [-0.15, -0.1) is 0 Å². The van der Waals surface area contributed by atoms with Crippen LogP contribution in [0.1, 0.15) is 30.1 Å². The predicted octanol–water partition coefficient (Wildman–Crippen LogP) is 2.65. The molecule has 20 heavy (non-hydrogen) atoms. The fraction of sp³-hybridized carbons (Fsp3) is 0.462. The van der Waals surface area contributed by atoms with Crippen LogP contribution in [0.5, 0.6) is 0 Å². The topological polar surface area (TPSA) is 72.2 Å². The van der Waals surface area contributed by atoms with Crippen LogP contribution in [0.4, 0.5) is 14.5 Å². The number of rotatable bonds is 5. The molecule has 1 saturated carbocycles. The molecular weight excluding hydrogens is 270 g/mol. The first-order valence-corrected chi connectivity index (χ1v) is 6.31. The van der Waals surface area contributed by atoms with Crippen molar-refractivity contribution in [3.8, 4) is 0 Å². The third kappa shape index (κ3) is 3.09. The average Bonchev–Trinajstić information content (AvgIpc) is 3.21. The monoisotopic (exact) mass is 284 g/mol. The minimum atomic E-state index is -1.23. The zero-order chi connectivity index (χ0) is 14.9. The number of nitro groups is 1. The van der Waals surface area contributed by atoms with Crippen molar-refractivity contribution >= 4 is 11.6 Å². The van der Waals surface area contributed by atoms with Gasteiger partial charge in [0.15, 0.2) is 0 Å². The Bertz CT molecular complexity index is 559. The molecule has 0 bridgehead atoms. The van der Waals surface area contributed by atoms with Gasteiger partial charge in [0.1, 0.15) is 5.82 Å². The maximum atomic E-state index is 13.6. The highest BCUT2D eigenvalue weighted by molar-refractivity contribution is 5.94. The van der Waals surface area contributed by atoms with Gasteiger partial charge in [-0.1, -0.05) is 6.92 Å². The summed E-state index contributed by atoms with van der Waals surface area (Å²) in [6.07, 6.45) is 2.25. The van der Waals surface area contributed by atoms with E-state index in [1.165, 1.54) is 0 Å². The summed E-state index contributed by atoms with van der Waals surface area (Å²) in [5, 5.41) is 13.0. The summed E-state index contributed by atoms with van der Waals surface area (Å²) in [5.74, 6) is -2.23. The van der Waals surface area contributed by atoms with E-state index in [-0.39, 0.29) is 5.92 Å². The van der Waals surface area contributed by atoms with Crippen molar-refractivity contribution in [2.75, 3.05) is 6.54 Å². The summed E-state index contributed by atoms with van der Waals surface area (Å²) in [7, 11) is 0. The predicted molar refractivity (Wildman–Crippen MR) is 67.2 cm³/mol. The van der Waals surface area contributed by atoms with Crippen molar-refractivity contribution in [3.05, 3.63) is 39.4 Å². The Kier molecular flexibility index (Phi) is 3.96. The number of carbonyl (C=O) groups is 1. The molecule has 1 amide bonds. The lowest BCUT2D eigenvalue weighted by molar-refractivity contribution is -0.387. The Morgan fingerprint density at radius 1 is 1.45 bits per heavy atom. The maximum absolute atomic E-state index is 13.6. The summed E-state index contributed by atoms with van der Waals surface area (Å²) in [6.45, 7) is 2.35. The van der Waals surface area contributed by atoms with Crippen molar-refractivity contribution < 1.29 is 18.5 Å². The van der Waals surface area contributed by atoms with E-state index in [2.05, 4.69) is 5.32 Å². The highest BCUT2D eigenvalue weighted by atomic mass is 19.1. The van der Waals surface area contributed by atoms with Gasteiger partial charge in [-0.3, -0.25) is 14.9 Å². The zero-order valence-corrected chi connectivity index (χ0v) is 10.9. The second kappa shape index (κ2) is 5.52. The highest BCUT2D eigenvalue weighted by Gasteiger charge is 2.28. The van der Waals surface area contributed by atoms with Crippen LogP contribution in [0.2, 0.25) is 0 Å². The number of halogens is 2. The van der Waals surface area contributed by atoms with E-state index in [0.717, 1.165) is 12.8 Å². The van der Waals surface area contributed by atoms with Crippen LogP contribution in [-0.4, -0.2) is 17.4 Å². The summed E-state index contributed by atoms with van der Waals surface area (Å²) >= 11 is 0. The number of benzene rings is 1. The van der Waals surface area contributed by atoms with E-state index >= 15 is 0 Å². The van der Waals surface area contributed by atoms with Crippen LogP contribution >= 0.6 is 0 Å². The molecule has 1 aromatic rings. The van der Waals surface area contributed by atoms with Crippen molar-refractivity contribution in [1.82, 2.24) is 5.32 Å². The van der Waals surface area contributed by atoms with Crippen LogP contribution in [0.15, 0.2) is 12.1 Å². The Balaban J connectivity index is 2.09. The zero-order valence-electron chi connectivity index (χ0n) is 10.9. The number of hydrogen-bond acceptors (Lipinski definition) is 3. The first-order chi connectivity index (χ1) is 9.40. The molecule has 0 radical (unpaired) electrons. The number of nitro benzene ring substituents is 1. The smallest absolute Gasteiger partial charge is 0.307 e. The van der Waals surface area contributed by atoms with Crippen molar-refractivity contribution in [2.45, 2.75) is 19.8 Å². The van der Waals surface area contributed by atoms with E-state index in [1.54, 1.807) is 0 Å². The number of amides is 1. The molecule has 0 aliphatic heterocycles. The lowest BCUT2D eigenvalue weighted by Gasteiger charge is -2.11. The summed E-state index contributed by atoms with van der Waals surface area (Å²) in [6, 6.07) is 0.985. The maximum Gasteiger partial charge on any atom is 0.307 e. The molecule has 0 heterocycles. The van der Waals surface area contributed by atoms with Gasteiger partial charge in [-0.25, -0.2) is 4.39 Å². The largest absolute Gasteiger partial charge is 0.352 e. The van der Waals surface area contributed by atoms with Crippen LogP contribution in [0.25, 0.3) is 0 Å². The SMILES string of the molecule is CC(CNC(=O)c1cc(F)c([N+](=O)[O-])cc1F)C1CC1. The van der Waals surface area contributed by atoms with E-state index in [1.807, 2.05) is 6.92 Å². The van der Waals surface area contributed by atoms with Gasteiger partial charge < -0.3 is 5.32 Å². The van der Waals surface area contributed by atoms with Gasteiger partial charge in [0.2, 0.25) is 5.82 Å². The molecule has 1 atom stereocenters. The minimum Gasteiger partial charge on any atom is -0.352 e. The number of carbonyl (C=O) groups excluding carboxylic acids is 1. The molecule has 1 aliphatic rings. The van der Waals surface area contributed by atoms with Gasteiger partial charge in [0.05, 0.1) is 16.6 Å². The van der Waals surface area contributed by atoms with Crippen LogP contribution in [-0.2, 0) is 0 Å². The number of nitrogens with one attached hydrogen (secondary N) is 1. The molecule has 0 spiro atoms. The molecule has 1 aromatic carbocycles. The Morgan fingerprint density at radius 3 is 2.65 bits per heavy atom. The number of nitrogens with zero attached hydrogens (tertiary/aromatic N) is 1. The van der Waals surface area contributed by atoms with E-state index in [9.17, 15) is 23.7 Å². The van der Waals surface area contributed by atoms with E-state index < -0.39 is 33.7 Å². The molecule has 1 fully saturated rings. The second-order valence-electron chi connectivity index (χ2n) is 5.07. The van der Waals surface area contributed by atoms with Crippen molar-refractivity contribution in [1.29, 1.82) is 0 Å². The van der Waals surface area contributed by atoms with Gasteiger partial charge in [-0.2, -0.15) is 4.39 Å². The molecule has 0 saturated heterocycles. The standard InChI is InChI=1S/C13H14F2N2O3/c1-7(8-2-3-8)6-16-13(18)9-4-11(15)12(17(19)20)5-10(9)14/h4-5,7-8H,2-3,6H2,1H3,(H,16,18). The summed E-state index contributed by atoms with van der Waals surface area (Å²) in [4.78, 5) is 21.2. The van der Waals surface area contributed by atoms with Gasteiger partial charge >= 0.3 is 5.69 Å². The third-order valence-corrected chi connectivity index (χ3v) is 3.49. The van der Waals surface area contributed by atoms with Gasteiger partial charge in [0.25, 0.3) is 5.91 Å². The minimum absolute atomic E-state index is 0.282. The molecular formula is C13H14F2N2O3. The summed E-state index contributed by atoms with van der Waals surface area (Å²) in [5.41, 5.74) is -1.50. The second-order valence-corrected chi connectivity index (χ2v) is 5.07. The molecule has 108 valence electrons. The summed E-state index contributed by atoms with van der Waals surface area (Å²) < 4.78 is 27.0. The molecule has 0 aromatic heterocycles. The normalized spacial score (nSPS) is 15.8. The quantitative estimate of drug-likeness (QED) is 0.667. The van der Waals surface area contributed by atoms with E-state index in [4.69, 9.17) is 0 Å². The van der Waals surface area contributed by atoms with Crippen molar-refractivity contribution in [3.63, 3.8) is 0 Å². The first-order valence-electron chi connectivity index (χ1n) is 6.31. The van der Waals surface area contributed by atoms with E-state index in [0.29, 0.717) is 24.6 Å². The molecule has 1 unspecified atom stereocenters. The average molecular weight is 284 g/mol. The fourth-order valence-electron chi connectivity index (χ4n) is 2.03. The third-order valence-electron chi connectivity index (χ3n) is 3.49. The Morgan fingerprint density at radius 2 is 2.10 bits per heavy atom. The fourth-order valence-corrected chi connectivity index (χ4v) is 2.03. The molecule has 1 N–H and O–H groups in total. The van der Waals surface area contributed by atoms with Gasteiger partial charge in [0, 0.05) is 6.54 Å². The van der Waals surface area contributed by atoms with Crippen LogP contribution < -0.4 is 5.32 Å². The first kappa shape index (κ1) is 14.4. The Labute approximate surface area is 114 Å². The van der Waals surface area contributed by atoms with Crippen LogP contribution in [0.3, 0.4) is 0 Å².